The zero-order valence-corrected chi connectivity index (χ0v) is 14.7. The molecule has 2 N–H and O–H groups in total. The van der Waals surface area contributed by atoms with Gasteiger partial charge in [-0.3, -0.25) is 9.59 Å². The van der Waals surface area contributed by atoms with Crippen molar-refractivity contribution in [2.24, 2.45) is 0 Å². The largest absolute Gasteiger partial charge is 0.323 e. The van der Waals surface area contributed by atoms with E-state index < -0.39 is 4.75 Å². The number of benzene rings is 1. The zero-order valence-electron chi connectivity index (χ0n) is 13.9. The molecule has 3 rings (SSSR count). The zero-order chi connectivity index (χ0) is 17.3. The number of rotatable bonds is 4. The highest BCUT2D eigenvalue weighted by atomic mass is 32.2. The first kappa shape index (κ1) is 16.6. The molecule has 0 aliphatic carbocycles. The number of hydrogen-bond donors (Lipinski definition) is 2. The van der Waals surface area contributed by atoms with Crippen molar-refractivity contribution in [2.45, 2.75) is 43.4 Å². The molecule has 1 aromatic carbocycles. The number of thioether (sulfide) groups is 1. The first-order valence-electron chi connectivity index (χ1n) is 7.89. The van der Waals surface area contributed by atoms with Crippen molar-refractivity contribution in [3.05, 3.63) is 36.0 Å². The Balaban J connectivity index is 1.86. The Morgan fingerprint density at radius 1 is 1.42 bits per heavy atom. The number of aryl methyl sites for hydroxylation is 2. The quantitative estimate of drug-likeness (QED) is 0.836. The maximum atomic E-state index is 12.8. The molecule has 126 valence electrons. The summed E-state index contributed by atoms with van der Waals surface area (Å²) in [6, 6.07) is 9.29. The summed E-state index contributed by atoms with van der Waals surface area (Å²) < 4.78 is 0.527. The smallest absolute Gasteiger partial charge is 0.251 e. The van der Waals surface area contributed by atoms with Crippen LogP contribution < -0.4 is 10.6 Å². The molecule has 2 aromatic rings. The Hall–Kier alpha value is -2.28. The van der Waals surface area contributed by atoms with Crippen molar-refractivity contribution in [2.75, 3.05) is 10.6 Å². The molecule has 2 heterocycles. The second-order valence-electron chi connectivity index (χ2n) is 5.93. The lowest BCUT2D eigenvalue weighted by Crippen LogP contribution is -2.49. The van der Waals surface area contributed by atoms with Gasteiger partial charge >= 0.3 is 0 Å². The maximum absolute atomic E-state index is 12.8. The fourth-order valence-electron chi connectivity index (χ4n) is 2.58. The van der Waals surface area contributed by atoms with Crippen molar-refractivity contribution in [3.63, 3.8) is 0 Å². The highest BCUT2D eigenvalue weighted by molar-refractivity contribution is 8.02. The van der Waals surface area contributed by atoms with Gasteiger partial charge in [0.2, 0.25) is 5.91 Å². The minimum Gasteiger partial charge on any atom is -0.323 e. The van der Waals surface area contributed by atoms with Crippen molar-refractivity contribution >= 4 is 35.1 Å². The van der Waals surface area contributed by atoms with Crippen LogP contribution in [0, 0.1) is 6.92 Å². The van der Waals surface area contributed by atoms with E-state index in [-0.39, 0.29) is 11.8 Å². The summed E-state index contributed by atoms with van der Waals surface area (Å²) in [5.41, 5.74) is 1.57. The fraction of sp³-hybridized carbons (Fsp3) is 0.353. The predicted octanol–water partition coefficient (Wildman–Crippen LogP) is 3.04. The van der Waals surface area contributed by atoms with E-state index in [1.165, 1.54) is 11.8 Å². The number of carbonyl (C=O) groups excluding carboxylic acids is 2. The molecule has 0 saturated carbocycles. The van der Waals surface area contributed by atoms with Gasteiger partial charge in [-0.2, -0.15) is 5.10 Å². The highest BCUT2D eigenvalue weighted by Crippen LogP contribution is 2.42. The van der Waals surface area contributed by atoms with Crippen molar-refractivity contribution in [1.82, 2.24) is 9.78 Å². The van der Waals surface area contributed by atoms with Gasteiger partial charge in [-0.1, -0.05) is 30.8 Å². The predicted molar refractivity (Wildman–Crippen MR) is 95.2 cm³/mol. The summed E-state index contributed by atoms with van der Waals surface area (Å²) in [4.78, 5) is 26.2. The van der Waals surface area contributed by atoms with Gasteiger partial charge in [-0.05, 0) is 32.4 Å². The summed E-state index contributed by atoms with van der Waals surface area (Å²) in [6.07, 6.45) is 0.907. The number of amides is 2. The number of anilines is 2. The molecule has 1 aromatic heterocycles. The van der Waals surface area contributed by atoms with Crippen LogP contribution in [0.3, 0.4) is 0 Å². The number of para-hydroxylation sites is 1. The molecule has 1 atom stereocenters. The Morgan fingerprint density at radius 2 is 2.17 bits per heavy atom. The molecule has 24 heavy (non-hydrogen) atoms. The SMILES string of the molecule is CCCn1nc(C)cc1NC(=O)C1(C)Sc2ccccc2NC1=O. The maximum Gasteiger partial charge on any atom is 0.251 e. The van der Waals surface area contributed by atoms with Crippen molar-refractivity contribution in [1.29, 1.82) is 0 Å². The molecule has 7 heteroatoms. The van der Waals surface area contributed by atoms with Gasteiger partial charge in [0, 0.05) is 17.5 Å². The van der Waals surface area contributed by atoms with Gasteiger partial charge < -0.3 is 10.6 Å². The lowest BCUT2D eigenvalue weighted by atomic mass is 10.1. The minimum atomic E-state index is -1.23. The van der Waals surface area contributed by atoms with E-state index in [1.807, 2.05) is 44.2 Å². The summed E-state index contributed by atoms with van der Waals surface area (Å²) in [6.45, 7) is 6.28. The number of nitrogens with zero attached hydrogens (tertiary/aromatic N) is 2. The fourth-order valence-corrected chi connectivity index (χ4v) is 3.68. The van der Waals surface area contributed by atoms with Crippen LogP contribution in [0.5, 0.6) is 0 Å². The van der Waals surface area contributed by atoms with Crippen LogP contribution in [0.15, 0.2) is 35.2 Å². The molecular weight excluding hydrogens is 324 g/mol. The van der Waals surface area contributed by atoms with E-state index in [1.54, 1.807) is 11.6 Å². The monoisotopic (exact) mass is 344 g/mol. The Morgan fingerprint density at radius 3 is 2.92 bits per heavy atom. The Kier molecular flexibility index (Phi) is 4.36. The number of hydrogen-bond acceptors (Lipinski definition) is 4. The van der Waals surface area contributed by atoms with E-state index in [4.69, 9.17) is 0 Å². The third-order valence-corrected chi connectivity index (χ3v) is 5.25. The van der Waals surface area contributed by atoms with Crippen molar-refractivity contribution < 1.29 is 9.59 Å². The molecule has 0 fully saturated rings. The van der Waals surface area contributed by atoms with Gasteiger partial charge in [-0.25, -0.2) is 4.68 Å². The molecule has 1 unspecified atom stereocenters. The molecule has 6 nitrogen and oxygen atoms in total. The minimum absolute atomic E-state index is 0.318. The average Bonchev–Trinajstić information content (AvgIpc) is 2.88. The number of fused-ring (bicyclic) bond motifs is 1. The van der Waals surface area contributed by atoms with Gasteiger partial charge in [0.25, 0.3) is 5.91 Å². The van der Waals surface area contributed by atoms with E-state index >= 15 is 0 Å². The topological polar surface area (TPSA) is 76.0 Å². The lowest BCUT2D eigenvalue weighted by molar-refractivity contribution is -0.126. The molecule has 1 aliphatic heterocycles. The number of aromatic nitrogens is 2. The van der Waals surface area contributed by atoms with Crippen LogP contribution in [0.1, 0.15) is 26.0 Å². The summed E-state index contributed by atoms with van der Waals surface area (Å²) in [5, 5.41) is 10.1. The van der Waals surface area contributed by atoms with Crippen molar-refractivity contribution in [3.8, 4) is 0 Å². The molecule has 0 bridgehead atoms. The highest BCUT2D eigenvalue weighted by Gasteiger charge is 2.46. The van der Waals surface area contributed by atoms with Gasteiger partial charge in [0.05, 0.1) is 11.4 Å². The van der Waals surface area contributed by atoms with Crippen LogP contribution in [0.25, 0.3) is 0 Å². The van der Waals surface area contributed by atoms with Gasteiger partial charge in [0.1, 0.15) is 5.82 Å². The van der Waals surface area contributed by atoms with Crippen LogP contribution >= 0.6 is 11.8 Å². The van der Waals surface area contributed by atoms with Gasteiger partial charge in [0.15, 0.2) is 4.75 Å². The number of nitrogens with one attached hydrogen (secondary N) is 2. The summed E-state index contributed by atoms with van der Waals surface area (Å²) in [5.74, 6) is -0.0495. The average molecular weight is 344 g/mol. The lowest BCUT2D eigenvalue weighted by Gasteiger charge is -2.31. The molecule has 0 spiro atoms. The molecule has 1 aliphatic rings. The third kappa shape index (κ3) is 2.91. The first-order valence-corrected chi connectivity index (χ1v) is 8.71. The Bertz CT molecular complexity index is 802. The Labute approximate surface area is 145 Å². The summed E-state index contributed by atoms with van der Waals surface area (Å²) >= 11 is 1.27. The van der Waals surface area contributed by atoms with Crippen LogP contribution in [-0.4, -0.2) is 26.3 Å². The third-order valence-electron chi connectivity index (χ3n) is 3.90. The van der Waals surface area contributed by atoms with Crippen LogP contribution in [0.2, 0.25) is 0 Å². The summed E-state index contributed by atoms with van der Waals surface area (Å²) in [7, 11) is 0. The number of carbonyl (C=O) groups is 2. The van der Waals surface area contributed by atoms with Gasteiger partial charge in [-0.15, -0.1) is 0 Å². The van der Waals surface area contributed by atoms with E-state index in [2.05, 4.69) is 15.7 Å². The van der Waals surface area contributed by atoms with Crippen LogP contribution in [0.4, 0.5) is 11.5 Å². The first-order chi connectivity index (χ1) is 11.4. The van der Waals surface area contributed by atoms with E-state index in [0.717, 1.165) is 22.7 Å². The standard InChI is InChI=1S/C17H20N4O2S/c1-4-9-21-14(10-11(2)20-21)19-16(23)17(3)15(22)18-12-7-5-6-8-13(12)24-17/h5-8,10H,4,9H2,1-3H3,(H,18,22)(H,19,23). The van der Waals surface area contributed by atoms with Crippen LogP contribution in [-0.2, 0) is 16.1 Å². The van der Waals surface area contributed by atoms with E-state index in [0.29, 0.717) is 12.4 Å². The van der Waals surface area contributed by atoms with E-state index in [9.17, 15) is 9.59 Å². The normalized spacial score (nSPS) is 19.5. The molecular formula is C17H20N4O2S. The molecule has 2 amide bonds. The molecule has 0 radical (unpaired) electrons. The second-order valence-corrected chi connectivity index (χ2v) is 7.39. The molecule has 0 saturated heterocycles. The second kappa shape index (κ2) is 6.32.